The van der Waals surface area contributed by atoms with Gasteiger partial charge in [-0.25, -0.2) is 0 Å². The van der Waals surface area contributed by atoms with Gasteiger partial charge in [0.2, 0.25) is 0 Å². The van der Waals surface area contributed by atoms with Crippen molar-refractivity contribution in [3.8, 4) is 0 Å². The molecule has 1 heterocycles. The third-order valence-corrected chi connectivity index (χ3v) is 3.55. The van der Waals surface area contributed by atoms with Crippen molar-refractivity contribution in [1.29, 1.82) is 0 Å². The molecule has 1 aliphatic carbocycles. The molecule has 2 fully saturated rings. The van der Waals surface area contributed by atoms with Gasteiger partial charge < -0.3 is 15.0 Å². The first kappa shape index (κ1) is 11.1. The number of thiocarbonyl (C=S) groups is 1. The Morgan fingerprint density at radius 2 is 2.00 bits per heavy atom. The van der Waals surface area contributed by atoms with E-state index in [4.69, 9.17) is 17.0 Å². The second-order valence-corrected chi connectivity index (χ2v) is 5.05. The highest BCUT2D eigenvalue weighted by molar-refractivity contribution is 7.80. The molecule has 1 saturated heterocycles. The molecule has 0 aromatic rings. The maximum atomic E-state index is 5.35. The predicted octanol–water partition coefficient (Wildman–Crippen LogP) is 1.38. The van der Waals surface area contributed by atoms with E-state index in [-0.39, 0.29) is 0 Å². The number of rotatable bonds is 3. The third kappa shape index (κ3) is 3.61. The molecular weight excluding hydrogens is 208 g/mol. The van der Waals surface area contributed by atoms with Crippen molar-refractivity contribution in [3.63, 3.8) is 0 Å². The Bertz CT molecular complexity index is 225. The molecular formula is C11H20N2OS. The Morgan fingerprint density at radius 3 is 2.60 bits per heavy atom. The van der Waals surface area contributed by atoms with Crippen LogP contribution in [0.2, 0.25) is 0 Å². The van der Waals surface area contributed by atoms with Crippen LogP contribution in [0.3, 0.4) is 0 Å². The van der Waals surface area contributed by atoms with Crippen molar-refractivity contribution in [2.45, 2.75) is 31.7 Å². The fourth-order valence-electron chi connectivity index (χ4n) is 1.91. The summed E-state index contributed by atoms with van der Waals surface area (Å²) >= 11 is 5.34. The summed E-state index contributed by atoms with van der Waals surface area (Å²) < 4.78 is 5.35. The molecule has 86 valence electrons. The van der Waals surface area contributed by atoms with Gasteiger partial charge in [-0.1, -0.05) is 0 Å². The summed E-state index contributed by atoms with van der Waals surface area (Å²) in [6, 6.07) is 0.662. The van der Waals surface area contributed by atoms with Gasteiger partial charge in [-0.3, -0.25) is 0 Å². The highest BCUT2D eigenvalue weighted by Crippen LogP contribution is 2.20. The summed E-state index contributed by atoms with van der Waals surface area (Å²) in [7, 11) is 2.09. The summed E-state index contributed by atoms with van der Waals surface area (Å²) in [5, 5.41) is 4.29. The van der Waals surface area contributed by atoms with Gasteiger partial charge in [-0.05, 0) is 43.8 Å². The molecule has 0 spiro atoms. The second-order valence-electron chi connectivity index (χ2n) is 4.66. The summed E-state index contributed by atoms with van der Waals surface area (Å²) in [5.41, 5.74) is 0. The third-order valence-electron chi connectivity index (χ3n) is 3.12. The van der Waals surface area contributed by atoms with E-state index in [2.05, 4.69) is 17.3 Å². The van der Waals surface area contributed by atoms with Crippen LogP contribution in [-0.4, -0.2) is 42.9 Å². The average Bonchev–Trinajstić information content (AvgIpc) is 3.03. The first-order valence-corrected chi connectivity index (χ1v) is 6.26. The minimum atomic E-state index is 0.662. The van der Waals surface area contributed by atoms with E-state index in [9.17, 15) is 0 Å². The fraction of sp³-hybridized carbons (Fsp3) is 0.909. The Kier molecular flexibility index (Phi) is 3.81. The van der Waals surface area contributed by atoms with Gasteiger partial charge in [-0.15, -0.1) is 0 Å². The van der Waals surface area contributed by atoms with E-state index in [1.807, 2.05) is 0 Å². The molecule has 0 amide bonds. The molecule has 0 aromatic carbocycles. The summed E-state index contributed by atoms with van der Waals surface area (Å²) in [6.45, 7) is 2.91. The maximum Gasteiger partial charge on any atom is 0.168 e. The zero-order valence-electron chi connectivity index (χ0n) is 9.37. The molecule has 1 N–H and O–H groups in total. The van der Waals surface area contributed by atoms with Gasteiger partial charge in [0.1, 0.15) is 0 Å². The molecule has 2 rings (SSSR count). The largest absolute Gasteiger partial charge is 0.381 e. The molecule has 15 heavy (non-hydrogen) atoms. The highest BCUT2D eigenvalue weighted by atomic mass is 32.1. The average molecular weight is 228 g/mol. The molecule has 0 aromatic heterocycles. The first-order chi connectivity index (χ1) is 7.25. The molecule has 0 atom stereocenters. The van der Waals surface area contributed by atoms with E-state index < -0.39 is 0 Å². The van der Waals surface area contributed by atoms with Crippen molar-refractivity contribution in [2.75, 3.05) is 26.8 Å². The molecule has 1 saturated carbocycles. The van der Waals surface area contributed by atoms with Crippen molar-refractivity contribution in [2.24, 2.45) is 5.92 Å². The molecule has 1 aliphatic heterocycles. The van der Waals surface area contributed by atoms with Gasteiger partial charge in [0.05, 0.1) is 0 Å². The lowest BCUT2D eigenvalue weighted by atomic mass is 10.0. The Balaban J connectivity index is 1.69. The van der Waals surface area contributed by atoms with E-state index in [1.165, 1.54) is 25.7 Å². The number of nitrogens with zero attached hydrogens (tertiary/aromatic N) is 1. The number of hydrogen-bond donors (Lipinski definition) is 1. The maximum absolute atomic E-state index is 5.35. The summed E-state index contributed by atoms with van der Waals surface area (Å²) in [5.74, 6) is 0.753. The van der Waals surface area contributed by atoms with E-state index in [0.717, 1.165) is 30.8 Å². The Hall–Kier alpha value is -0.350. The molecule has 2 aliphatic rings. The molecule has 0 unspecified atom stereocenters. The molecule has 3 nitrogen and oxygen atoms in total. The first-order valence-electron chi connectivity index (χ1n) is 5.85. The van der Waals surface area contributed by atoms with Gasteiger partial charge in [0.15, 0.2) is 5.11 Å². The summed E-state index contributed by atoms with van der Waals surface area (Å²) in [4.78, 5) is 2.18. The van der Waals surface area contributed by atoms with Crippen molar-refractivity contribution in [1.82, 2.24) is 10.2 Å². The second kappa shape index (κ2) is 5.12. The van der Waals surface area contributed by atoms with Gasteiger partial charge in [0.25, 0.3) is 0 Å². The predicted molar refractivity (Wildman–Crippen MR) is 64.9 cm³/mol. The van der Waals surface area contributed by atoms with Gasteiger partial charge in [0, 0.05) is 32.8 Å². The Morgan fingerprint density at radius 1 is 1.33 bits per heavy atom. The highest BCUT2D eigenvalue weighted by Gasteiger charge is 2.24. The quantitative estimate of drug-likeness (QED) is 0.738. The lowest BCUT2D eigenvalue weighted by molar-refractivity contribution is 0.0612. The SMILES string of the molecule is CN(CC1CCOCC1)C(=S)NC1CC1. The molecule has 4 heteroatoms. The van der Waals surface area contributed by atoms with E-state index in [1.54, 1.807) is 0 Å². The van der Waals surface area contributed by atoms with Gasteiger partial charge >= 0.3 is 0 Å². The number of nitrogens with one attached hydrogen (secondary N) is 1. The van der Waals surface area contributed by atoms with Crippen LogP contribution in [0.15, 0.2) is 0 Å². The number of hydrogen-bond acceptors (Lipinski definition) is 2. The number of ether oxygens (including phenoxy) is 1. The van der Waals surface area contributed by atoms with Crippen LogP contribution < -0.4 is 5.32 Å². The minimum absolute atomic E-state index is 0.662. The normalized spacial score (nSPS) is 22.5. The lowest BCUT2D eigenvalue weighted by Gasteiger charge is -2.28. The van der Waals surface area contributed by atoms with Crippen LogP contribution >= 0.6 is 12.2 Å². The van der Waals surface area contributed by atoms with Crippen LogP contribution in [0.1, 0.15) is 25.7 Å². The topological polar surface area (TPSA) is 24.5 Å². The monoisotopic (exact) mass is 228 g/mol. The van der Waals surface area contributed by atoms with E-state index >= 15 is 0 Å². The van der Waals surface area contributed by atoms with Crippen LogP contribution in [0.25, 0.3) is 0 Å². The zero-order chi connectivity index (χ0) is 10.7. The van der Waals surface area contributed by atoms with Crippen molar-refractivity contribution >= 4 is 17.3 Å². The smallest absolute Gasteiger partial charge is 0.168 e. The van der Waals surface area contributed by atoms with Crippen LogP contribution in [0, 0.1) is 5.92 Å². The molecule has 0 radical (unpaired) electrons. The molecule has 0 bridgehead atoms. The summed E-state index contributed by atoms with van der Waals surface area (Å²) in [6.07, 6.45) is 4.92. The van der Waals surface area contributed by atoms with Crippen LogP contribution in [-0.2, 0) is 4.74 Å². The van der Waals surface area contributed by atoms with Crippen molar-refractivity contribution in [3.05, 3.63) is 0 Å². The standard InChI is InChI=1S/C11H20N2OS/c1-13(11(15)12-10-2-3-10)8-9-4-6-14-7-5-9/h9-10H,2-8H2,1H3,(H,12,15). The fourth-order valence-corrected chi connectivity index (χ4v) is 2.15. The Labute approximate surface area is 97.2 Å². The zero-order valence-corrected chi connectivity index (χ0v) is 10.2. The van der Waals surface area contributed by atoms with Crippen LogP contribution in [0.4, 0.5) is 0 Å². The van der Waals surface area contributed by atoms with Crippen molar-refractivity contribution < 1.29 is 4.74 Å². The van der Waals surface area contributed by atoms with Gasteiger partial charge in [-0.2, -0.15) is 0 Å². The minimum Gasteiger partial charge on any atom is -0.381 e. The van der Waals surface area contributed by atoms with Crippen LogP contribution in [0.5, 0.6) is 0 Å². The van der Waals surface area contributed by atoms with E-state index in [0.29, 0.717) is 6.04 Å². The lowest BCUT2D eigenvalue weighted by Crippen LogP contribution is -2.41.